The highest BCUT2D eigenvalue weighted by atomic mass is 19.2. The van der Waals surface area contributed by atoms with Crippen LogP contribution in [0.3, 0.4) is 0 Å². The smallest absolute Gasteiger partial charge is 0.227 e. The standard InChI is InChI=1S/C13H15F2N3O/c1-2-8(7-16)5-12-17-13(18-19-12)9-3-4-10(14)11(15)6-9/h3-4,6,8H,2,5,7,16H2,1H3. The van der Waals surface area contributed by atoms with Crippen molar-refractivity contribution >= 4 is 0 Å². The molecule has 1 heterocycles. The Morgan fingerprint density at radius 1 is 1.32 bits per heavy atom. The SMILES string of the molecule is CCC(CN)Cc1nc(-c2ccc(F)c(F)c2)no1. The van der Waals surface area contributed by atoms with E-state index in [9.17, 15) is 8.78 Å². The van der Waals surface area contributed by atoms with Crippen LogP contribution in [0.5, 0.6) is 0 Å². The van der Waals surface area contributed by atoms with Gasteiger partial charge in [0.15, 0.2) is 11.6 Å². The Labute approximate surface area is 109 Å². The van der Waals surface area contributed by atoms with E-state index in [-0.39, 0.29) is 11.7 Å². The van der Waals surface area contributed by atoms with Gasteiger partial charge in [0.25, 0.3) is 0 Å². The Balaban J connectivity index is 2.18. The van der Waals surface area contributed by atoms with E-state index in [1.165, 1.54) is 6.07 Å². The number of hydrogen-bond donors (Lipinski definition) is 1. The molecule has 2 N–H and O–H groups in total. The number of hydrogen-bond acceptors (Lipinski definition) is 4. The fraction of sp³-hybridized carbons (Fsp3) is 0.385. The zero-order valence-corrected chi connectivity index (χ0v) is 10.6. The monoisotopic (exact) mass is 267 g/mol. The summed E-state index contributed by atoms with van der Waals surface area (Å²) in [6, 6.07) is 3.49. The molecule has 102 valence electrons. The zero-order valence-electron chi connectivity index (χ0n) is 10.6. The lowest BCUT2D eigenvalue weighted by Crippen LogP contribution is -2.15. The molecule has 0 spiro atoms. The zero-order chi connectivity index (χ0) is 13.8. The van der Waals surface area contributed by atoms with E-state index in [4.69, 9.17) is 10.3 Å². The topological polar surface area (TPSA) is 64.9 Å². The van der Waals surface area contributed by atoms with Crippen LogP contribution in [0.4, 0.5) is 8.78 Å². The second-order valence-corrected chi connectivity index (χ2v) is 4.35. The van der Waals surface area contributed by atoms with Crippen LogP contribution in [0.25, 0.3) is 11.4 Å². The van der Waals surface area contributed by atoms with E-state index < -0.39 is 11.6 Å². The van der Waals surface area contributed by atoms with Crippen LogP contribution >= 0.6 is 0 Å². The average Bonchev–Trinajstić information content (AvgIpc) is 2.87. The highest BCUT2D eigenvalue weighted by molar-refractivity contribution is 5.54. The predicted molar refractivity (Wildman–Crippen MR) is 66.2 cm³/mol. The van der Waals surface area contributed by atoms with E-state index in [1.807, 2.05) is 6.92 Å². The van der Waals surface area contributed by atoms with Crippen molar-refractivity contribution in [1.29, 1.82) is 0 Å². The number of rotatable bonds is 5. The fourth-order valence-electron chi connectivity index (χ4n) is 1.73. The molecule has 0 aliphatic heterocycles. The van der Waals surface area contributed by atoms with Crippen molar-refractivity contribution in [2.45, 2.75) is 19.8 Å². The minimum atomic E-state index is -0.933. The molecule has 0 radical (unpaired) electrons. The van der Waals surface area contributed by atoms with Gasteiger partial charge < -0.3 is 10.3 Å². The maximum Gasteiger partial charge on any atom is 0.227 e. The van der Waals surface area contributed by atoms with E-state index >= 15 is 0 Å². The van der Waals surface area contributed by atoms with Gasteiger partial charge in [-0.05, 0) is 30.7 Å². The molecule has 4 nitrogen and oxygen atoms in total. The number of benzene rings is 1. The minimum Gasteiger partial charge on any atom is -0.339 e. The van der Waals surface area contributed by atoms with Crippen LogP contribution in [0.1, 0.15) is 19.2 Å². The first kappa shape index (κ1) is 13.6. The van der Waals surface area contributed by atoms with Crippen molar-refractivity contribution in [3.05, 3.63) is 35.7 Å². The van der Waals surface area contributed by atoms with Crippen LogP contribution in [-0.4, -0.2) is 16.7 Å². The van der Waals surface area contributed by atoms with Gasteiger partial charge in [0.2, 0.25) is 11.7 Å². The van der Waals surface area contributed by atoms with E-state index in [0.29, 0.717) is 24.4 Å². The summed E-state index contributed by atoms with van der Waals surface area (Å²) in [6.45, 7) is 2.57. The van der Waals surface area contributed by atoms with Crippen molar-refractivity contribution in [1.82, 2.24) is 10.1 Å². The number of nitrogens with two attached hydrogens (primary N) is 1. The molecule has 1 atom stereocenters. The summed E-state index contributed by atoms with van der Waals surface area (Å²) in [6.07, 6.45) is 1.50. The van der Waals surface area contributed by atoms with Gasteiger partial charge in [-0.3, -0.25) is 0 Å². The molecule has 0 saturated heterocycles. The van der Waals surface area contributed by atoms with Crippen molar-refractivity contribution < 1.29 is 13.3 Å². The number of halogens is 2. The first-order valence-electron chi connectivity index (χ1n) is 6.12. The predicted octanol–water partition coefficient (Wildman–Crippen LogP) is 2.54. The summed E-state index contributed by atoms with van der Waals surface area (Å²) in [5.74, 6) is -0.852. The Bertz CT molecular complexity index is 553. The summed E-state index contributed by atoms with van der Waals surface area (Å²) >= 11 is 0. The lowest BCUT2D eigenvalue weighted by molar-refractivity contribution is 0.350. The quantitative estimate of drug-likeness (QED) is 0.904. The molecule has 2 aromatic rings. The summed E-state index contributed by atoms with van der Waals surface area (Å²) < 4.78 is 31.0. The van der Waals surface area contributed by atoms with Gasteiger partial charge in [-0.15, -0.1) is 0 Å². The van der Waals surface area contributed by atoms with Crippen molar-refractivity contribution in [3.8, 4) is 11.4 Å². The van der Waals surface area contributed by atoms with E-state index in [0.717, 1.165) is 18.6 Å². The minimum absolute atomic E-state index is 0.251. The summed E-state index contributed by atoms with van der Waals surface area (Å²) in [7, 11) is 0. The van der Waals surface area contributed by atoms with Gasteiger partial charge in [-0.1, -0.05) is 18.5 Å². The van der Waals surface area contributed by atoms with E-state index in [2.05, 4.69) is 10.1 Å². The molecule has 6 heteroatoms. The number of aromatic nitrogens is 2. The molecular weight excluding hydrogens is 252 g/mol. The maximum absolute atomic E-state index is 13.1. The molecule has 0 bridgehead atoms. The van der Waals surface area contributed by atoms with Gasteiger partial charge >= 0.3 is 0 Å². The average molecular weight is 267 g/mol. The first-order chi connectivity index (χ1) is 9.13. The molecule has 2 rings (SSSR count). The summed E-state index contributed by atoms with van der Waals surface area (Å²) in [5, 5.41) is 3.76. The maximum atomic E-state index is 13.1. The largest absolute Gasteiger partial charge is 0.339 e. The first-order valence-corrected chi connectivity index (χ1v) is 6.12. The third-order valence-corrected chi connectivity index (χ3v) is 3.02. The van der Waals surface area contributed by atoms with Gasteiger partial charge in [0, 0.05) is 12.0 Å². The van der Waals surface area contributed by atoms with E-state index in [1.54, 1.807) is 0 Å². The van der Waals surface area contributed by atoms with Crippen LogP contribution in [0.2, 0.25) is 0 Å². The fourth-order valence-corrected chi connectivity index (χ4v) is 1.73. The van der Waals surface area contributed by atoms with Gasteiger partial charge in [0.05, 0.1) is 0 Å². The third kappa shape index (κ3) is 3.14. The normalized spacial score (nSPS) is 12.6. The van der Waals surface area contributed by atoms with Crippen LogP contribution in [0.15, 0.2) is 22.7 Å². The summed E-state index contributed by atoms with van der Waals surface area (Å²) in [4.78, 5) is 4.16. The third-order valence-electron chi connectivity index (χ3n) is 3.02. The molecular formula is C13H15F2N3O. The van der Waals surface area contributed by atoms with Crippen molar-refractivity contribution in [3.63, 3.8) is 0 Å². The lowest BCUT2D eigenvalue weighted by atomic mass is 10.0. The molecule has 1 aromatic carbocycles. The Morgan fingerprint density at radius 2 is 2.11 bits per heavy atom. The van der Waals surface area contributed by atoms with Crippen molar-refractivity contribution in [2.24, 2.45) is 11.7 Å². The van der Waals surface area contributed by atoms with Gasteiger partial charge in [-0.2, -0.15) is 4.98 Å². The van der Waals surface area contributed by atoms with Crippen LogP contribution < -0.4 is 5.73 Å². The molecule has 0 fully saturated rings. The highest BCUT2D eigenvalue weighted by Gasteiger charge is 2.14. The lowest BCUT2D eigenvalue weighted by Gasteiger charge is -2.07. The molecule has 1 aromatic heterocycles. The van der Waals surface area contributed by atoms with Crippen LogP contribution in [0, 0.1) is 17.6 Å². The summed E-state index contributed by atoms with van der Waals surface area (Å²) in [5.41, 5.74) is 5.99. The molecule has 0 saturated carbocycles. The van der Waals surface area contributed by atoms with Crippen molar-refractivity contribution in [2.75, 3.05) is 6.54 Å². The second-order valence-electron chi connectivity index (χ2n) is 4.35. The number of nitrogens with zero attached hydrogens (tertiary/aromatic N) is 2. The van der Waals surface area contributed by atoms with Crippen LogP contribution in [-0.2, 0) is 6.42 Å². The second kappa shape index (κ2) is 5.88. The molecule has 19 heavy (non-hydrogen) atoms. The van der Waals surface area contributed by atoms with Gasteiger partial charge in [-0.25, -0.2) is 8.78 Å². The Kier molecular flexibility index (Phi) is 4.21. The molecule has 1 unspecified atom stereocenters. The van der Waals surface area contributed by atoms with Gasteiger partial charge in [0.1, 0.15) is 0 Å². The molecule has 0 aliphatic rings. The highest BCUT2D eigenvalue weighted by Crippen LogP contribution is 2.19. The molecule has 0 amide bonds. The Hall–Kier alpha value is -1.82. The Morgan fingerprint density at radius 3 is 2.74 bits per heavy atom. The molecule has 0 aliphatic carbocycles.